The van der Waals surface area contributed by atoms with Crippen molar-refractivity contribution in [2.45, 2.75) is 39.2 Å². The molecule has 5 heteroatoms. The Morgan fingerprint density at radius 1 is 1.00 bits per heavy atom. The summed E-state index contributed by atoms with van der Waals surface area (Å²) in [6, 6.07) is 18.2. The zero-order valence-electron chi connectivity index (χ0n) is 16.6. The number of amides is 2. The predicted octanol–water partition coefficient (Wildman–Crippen LogP) is 3.62. The van der Waals surface area contributed by atoms with Gasteiger partial charge in [0.2, 0.25) is 11.8 Å². The van der Waals surface area contributed by atoms with Gasteiger partial charge in [0, 0.05) is 32.9 Å². The molecule has 0 saturated carbocycles. The highest BCUT2D eigenvalue weighted by atomic mass is 16.2. The van der Waals surface area contributed by atoms with Gasteiger partial charge in [-0.15, -0.1) is 0 Å². The van der Waals surface area contributed by atoms with Crippen LogP contribution in [0.3, 0.4) is 0 Å². The monoisotopic (exact) mass is 377 g/mol. The Bertz CT molecular complexity index is 844. The van der Waals surface area contributed by atoms with Crippen LogP contribution in [0, 0.1) is 0 Å². The van der Waals surface area contributed by atoms with Crippen LogP contribution in [-0.2, 0) is 22.6 Å². The molecule has 1 heterocycles. The van der Waals surface area contributed by atoms with Gasteiger partial charge in [-0.3, -0.25) is 9.59 Å². The van der Waals surface area contributed by atoms with Crippen LogP contribution in [0.4, 0.5) is 0 Å². The van der Waals surface area contributed by atoms with Crippen molar-refractivity contribution < 1.29 is 9.59 Å². The SMILES string of the molecule is CCc1ccc(CN(C)C(=O)CCC(=O)N2CCC(c3ccccc3)=N2)cc1. The zero-order valence-corrected chi connectivity index (χ0v) is 16.6. The standard InChI is InChI=1S/C23H27N3O2/c1-3-18-9-11-19(12-10-18)17-25(2)22(27)13-14-23(28)26-16-15-21(24-26)20-7-5-4-6-8-20/h4-12H,3,13-17H2,1-2H3. The van der Waals surface area contributed by atoms with Crippen molar-refractivity contribution in [1.82, 2.24) is 9.91 Å². The van der Waals surface area contributed by atoms with Crippen molar-refractivity contribution in [3.8, 4) is 0 Å². The Hall–Kier alpha value is -2.95. The molecule has 1 aliphatic rings. The molecule has 0 radical (unpaired) electrons. The van der Waals surface area contributed by atoms with Crippen LogP contribution in [0.15, 0.2) is 59.7 Å². The van der Waals surface area contributed by atoms with Crippen LogP contribution in [-0.4, -0.2) is 41.0 Å². The van der Waals surface area contributed by atoms with Gasteiger partial charge >= 0.3 is 0 Å². The first-order valence-electron chi connectivity index (χ1n) is 9.82. The van der Waals surface area contributed by atoms with E-state index in [4.69, 9.17) is 0 Å². The number of carbonyl (C=O) groups excluding carboxylic acids is 2. The first-order chi connectivity index (χ1) is 13.6. The summed E-state index contributed by atoms with van der Waals surface area (Å²) in [6.45, 7) is 3.25. The number of aryl methyl sites for hydroxylation is 1. The average Bonchev–Trinajstić information content (AvgIpc) is 3.23. The molecule has 146 valence electrons. The molecule has 0 bridgehead atoms. The molecular weight excluding hydrogens is 350 g/mol. The maximum atomic E-state index is 12.4. The first kappa shape index (κ1) is 19.8. The molecule has 2 aromatic carbocycles. The minimum atomic E-state index is -0.0972. The normalized spacial score (nSPS) is 13.4. The lowest BCUT2D eigenvalue weighted by atomic mass is 10.1. The molecule has 0 spiro atoms. The van der Waals surface area contributed by atoms with Crippen molar-refractivity contribution in [2.75, 3.05) is 13.6 Å². The summed E-state index contributed by atoms with van der Waals surface area (Å²) in [7, 11) is 1.78. The van der Waals surface area contributed by atoms with Crippen molar-refractivity contribution in [3.63, 3.8) is 0 Å². The zero-order chi connectivity index (χ0) is 19.9. The number of hydrogen-bond donors (Lipinski definition) is 0. The summed E-state index contributed by atoms with van der Waals surface area (Å²) in [5.74, 6) is -0.126. The summed E-state index contributed by atoms with van der Waals surface area (Å²) in [6.07, 6.45) is 2.14. The topological polar surface area (TPSA) is 53.0 Å². The van der Waals surface area contributed by atoms with Crippen LogP contribution in [0.5, 0.6) is 0 Å². The molecule has 0 fully saturated rings. The summed E-state index contributed by atoms with van der Waals surface area (Å²) >= 11 is 0. The van der Waals surface area contributed by atoms with Crippen LogP contribution >= 0.6 is 0 Å². The lowest BCUT2D eigenvalue weighted by Crippen LogP contribution is -2.29. The smallest absolute Gasteiger partial charge is 0.243 e. The number of carbonyl (C=O) groups is 2. The van der Waals surface area contributed by atoms with Crippen molar-refractivity contribution in [1.29, 1.82) is 0 Å². The summed E-state index contributed by atoms with van der Waals surface area (Å²) in [5, 5.41) is 5.94. The predicted molar refractivity (Wildman–Crippen MR) is 111 cm³/mol. The van der Waals surface area contributed by atoms with Gasteiger partial charge < -0.3 is 4.90 Å². The molecule has 1 aliphatic heterocycles. The number of rotatable bonds is 7. The van der Waals surface area contributed by atoms with E-state index in [1.165, 1.54) is 10.6 Å². The third-order valence-corrected chi connectivity index (χ3v) is 5.03. The fraction of sp³-hybridized carbons (Fsp3) is 0.348. The molecular formula is C23H27N3O2. The third kappa shape index (κ3) is 5.06. The van der Waals surface area contributed by atoms with Crippen LogP contribution in [0.1, 0.15) is 42.9 Å². The van der Waals surface area contributed by atoms with Gasteiger partial charge in [0.05, 0.1) is 12.3 Å². The maximum absolute atomic E-state index is 12.4. The molecule has 0 N–H and O–H groups in total. The Morgan fingerprint density at radius 2 is 1.68 bits per heavy atom. The number of hydrazone groups is 1. The molecule has 28 heavy (non-hydrogen) atoms. The van der Waals surface area contributed by atoms with Crippen molar-refractivity contribution in [2.24, 2.45) is 5.10 Å². The Morgan fingerprint density at radius 3 is 2.36 bits per heavy atom. The van der Waals surface area contributed by atoms with Crippen molar-refractivity contribution in [3.05, 3.63) is 71.3 Å². The quantitative estimate of drug-likeness (QED) is 0.740. The minimum Gasteiger partial charge on any atom is -0.341 e. The average molecular weight is 377 g/mol. The second-order valence-corrected chi connectivity index (χ2v) is 7.10. The minimum absolute atomic E-state index is 0.0284. The highest BCUT2D eigenvalue weighted by molar-refractivity contribution is 6.02. The Labute approximate surface area is 166 Å². The molecule has 0 atom stereocenters. The van der Waals surface area contributed by atoms with E-state index in [2.05, 4.69) is 36.3 Å². The van der Waals surface area contributed by atoms with E-state index in [1.54, 1.807) is 11.9 Å². The molecule has 2 amide bonds. The molecule has 2 aromatic rings. The van der Waals surface area contributed by atoms with E-state index in [1.807, 2.05) is 30.3 Å². The van der Waals surface area contributed by atoms with E-state index in [9.17, 15) is 9.59 Å². The molecule has 0 aliphatic carbocycles. The fourth-order valence-corrected chi connectivity index (χ4v) is 3.25. The van der Waals surface area contributed by atoms with Crippen LogP contribution < -0.4 is 0 Å². The van der Waals surface area contributed by atoms with Gasteiger partial charge in [-0.2, -0.15) is 5.10 Å². The van der Waals surface area contributed by atoms with E-state index < -0.39 is 0 Å². The Balaban J connectivity index is 1.48. The Kier molecular flexibility index (Phi) is 6.58. The van der Waals surface area contributed by atoms with Gasteiger partial charge in [-0.05, 0) is 23.1 Å². The van der Waals surface area contributed by atoms with Crippen molar-refractivity contribution >= 4 is 17.5 Å². The fourth-order valence-electron chi connectivity index (χ4n) is 3.25. The number of nitrogens with zero attached hydrogens (tertiary/aromatic N) is 3. The van der Waals surface area contributed by atoms with Crippen LogP contribution in [0.2, 0.25) is 0 Å². The van der Waals surface area contributed by atoms with E-state index in [-0.39, 0.29) is 24.7 Å². The third-order valence-electron chi connectivity index (χ3n) is 5.03. The molecule has 0 aromatic heterocycles. The van der Waals surface area contributed by atoms with Gasteiger partial charge in [0.25, 0.3) is 0 Å². The van der Waals surface area contributed by atoms with Crippen LogP contribution in [0.25, 0.3) is 0 Å². The maximum Gasteiger partial charge on any atom is 0.243 e. The first-order valence-corrected chi connectivity index (χ1v) is 9.82. The molecule has 5 nitrogen and oxygen atoms in total. The van der Waals surface area contributed by atoms with E-state index in [0.717, 1.165) is 29.7 Å². The lowest BCUT2D eigenvalue weighted by molar-refractivity contribution is -0.136. The van der Waals surface area contributed by atoms with Gasteiger partial charge in [-0.1, -0.05) is 61.5 Å². The van der Waals surface area contributed by atoms with E-state index in [0.29, 0.717) is 13.1 Å². The molecule has 0 unspecified atom stereocenters. The van der Waals surface area contributed by atoms with Gasteiger partial charge in [0.1, 0.15) is 0 Å². The number of hydrogen-bond acceptors (Lipinski definition) is 3. The molecule has 0 saturated heterocycles. The summed E-state index contributed by atoms with van der Waals surface area (Å²) in [5.41, 5.74) is 4.34. The second kappa shape index (κ2) is 9.31. The lowest BCUT2D eigenvalue weighted by Gasteiger charge is -2.18. The second-order valence-electron chi connectivity index (χ2n) is 7.10. The number of benzene rings is 2. The van der Waals surface area contributed by atoms with Gasteiger partial charge in [0.15, 0.2) is 0 Å². The highest BCUT2D eigenvalue weighted by Gasteiger charge is 2.22. The molecule has 3 rings (SSSR count). The van der Waals surface area contributed by atoms with E-state index >= 15 is 0 Å². The summed E-state index contributed by atoms with van der Waals surface area (Å²) < 4.78 is 0. The summed E-state index contributed by atoms with van der Waals surface area (Å²) in [4.78, 5) is 26.5. The highest BCUT2D eigenvalue weighted by Crippen LogP contribution is 2.15. The van der Waals surface area contributed by atoms with Gasteiger partial charge in [-0.25, -0.2) is 5.01 Å². The largest absolute Gasteiger partial charge is 0.341 e.